The summed E-state index contributed by atoms with van der Waals surface area (Å²) in [6, 6.07) is 0. The number of carbonyl (C=O) groups is 3. The number of aliphatic hydroxyl groups excluding tert-OH is 2. The molecule has 18 heteroatoms. The second kappa shape index (κ2) is 61.2. The normalized spacial score (nSPS) is 14.8. The number of phosphoric acid groups is 2. The molecular formula is C67H120O16P2. The molecule has 0 fully saturated rings. The van der Waals surface area contributed by atoms with Gasteiger partial charge in [-0.25, -0.2) is 9.13 Å². The maximum atomic E-state index is 12.8. The lowest BCUT2D eigenvalue weighted by atomic mass is 10.0. The highest BCUT2D eigenvalue weighted by Gasteiger charge is 2.29. The highest BCUT2D eigenvalue weighted by molar-refractivity contribution is 7.47. The van der Waals surface area contributed by atoms with Gasteiger partial charge in [0.05, 0.1) is 26.4 Å². The fraction of sp³-hybridized carbons (Fsp3) is 0.776. The first-order chi connectivity index (χ1) is 41.2. The number of hydrogen-bond donors (Lipinski definition) is 4. The third-order valence-corrected chi connectivity index (χ3v) is 15.8. The van der Waals surface area contributed by atoms with Crippen LogP contribution in [0.3, 0.4) is 0 Å². The van der Waals surface area contributed by atoms with Crippen LogP contribution in [0.25, 0.3) is 0 Å². The summed E-state index contributed by atoms with van der Waals surface area (Å²) in [6.07, 6.45) is 62.5. The summed E-state index contributed by atoms with van der Waals surface area (Å²) in [4.78, 5) is 58.2. The Bertz CT molecular complexity index is 1850. The number of carbonyl (C=O) groups excluding carboxylic acids is 3. The number of ether oxygens (including phenoxy) is 3. The molecule has 0 aromatic carbocycles. The minimum Gasteiger partial charge on any atom is -0.463 e. The van der Waals surface area contributed by atoms with Crippen molar-refractivity contribution < 1.29 is 75.8 Å². The van der Waals surface area contributed by atoms with Crippen LogP contribution in [0.1, 0.15) is 278 Å². The summed E-state index contributed by atoms with van der Waals surface area (Å²) >= 11 is 0. The molecule has 5 unspecified atom stereocenters. The molecule has 5 atom stereocenters. The fourth-order valence-corrected chi connectivity index (χ4v) is 10.5. The molecule has 0 aromatic rings. The molecule has 0 aliphatic rings. The van der Waals surface area contributed by atoms with E-state index in [9.17, 15) is 43.5 Å². The molecule has 0 heterocycles. The predicted octanol–water partition coefficient (Wildman–Crippen LogP) is 18.0. The standard InChI is InChI=1S/C67H120O16P2/c1-4-7-10-13-16-19-22-24-25-26-27-28-29-30-31-32-33-34-35-37-40-41-44-47-50-53-65(70)77-56-62(68)57-79-84(73,74)80-58-63(69)59-81-85(75,76)82-61-64(83-67(72)55-52-49-46-43-38-21-18-15-12-9-6-3)60-78-66(71)54-51-48-45-42-39-36-23-20-17-14-11-8-5-2/h7,10,16,19,24-25,27-28,30-31,33-34,62-64,68-69H,4-6,8-9,11-15,17-18,20-23,26,29,32,35-61H2,1-3H3,(H,73,74)(H,75,76)/b10-7-,19-16-,25-24-,28-27-,31-30-,34-33-. The molecule has 0 rings (SSSR count). The number of unbranched alkanes of at least 4 members (excludes halogenated alkanes) is 28. The second-order valence-corrected chi connectivity index (χ2v) is 25.2. The Hall–Kier alpha value is -3.01. The van der Waals surface area contributed by atoms with Crippen molar-refractivity contribution in [3.8, 4) is 0 Å². The Labute approximate surface area is 515 Å². The van der Waals surface area contributed by atoms with E-state index in [1.54, 1.807) is 0 Å². The van der Waals surface area contributed by atoms with Gasteiger partial charge >= 0.3 is 33.6 Å². The van der Waals surface area contributed by atoms with E-state index >= 15 is 0 Å². The molecule has 0 amide bonds. The first-order valence-corrected chi connectivity index (χ1v) is 36.2. The van der Waals surface area contributed by atoms with E-state index in [4.69, 9.17) is 32.3 Å². The van der Waals surface area contributed by atoms with Crippen LogP contribution in [0.2, 0.25) is 0 Å². The zero-order valence-electron chi connectivity index (χ0n) is 53.3. The van der Waals surface area contributed by atoms with Crippen LogP contribution < -0.4 is 0 Å². The van der Waals surface area contributed by atoms with Crippen molar-refractivity contribution in [3.05, 3.63) is 72.9 Å². The second-order valence-electron chi connectivity index (χ2n) is 22.3. The van der Waals surface area contributed by atoms with Gasteiger partial charge in [0.1, 0.15) is 25.4 Å². The van der Waals surface area contributed by atoms with Crippen molar-refractivity contribution in [2.24, 2.45) is 0 Å². The van der Waals surface area contributed by atoms with Gasteiger partial charge in [-0.05, 0) is 70.6 Å². The van der Waals surface area contributed by atoms with E-state index in [-0.39, 0.29) is 19.3 Å². The van der Waals surface area contributed by atoms with Crippen LogP contribution in [-0.2, 0) is 55.8 Å². The molecule has 0 aromatic heterocycles. The van der Waals surface area contributed by atoms with Crippen molar-refractivity contribution in [2.75, 3.05) is 39.6 Å². The summed E-state index contributed by atoms with van der Waals surface area (Å²) in [7, 11) is -9.76. The molecule has 0 spiro atoms. The number of phosphoric ester groups is 2. The van der Waals surface area contributed by atoms with Gasteiger partial charge in [0, 0.05) is 19.3 Å². The van der Waals surface area contributed by atoms with E-state index in [1.165, 1.54) is 96.3 Å². The molecule has 0 saturated heterocycles. The Morgan fingerprint density at radius 3 is 0.988 bits per heavy atom. The lowest BCUT2D eigenvalue weighted by molar-refractivity contribution is -0.161. The number of aliphatic hydroxyl groups is 2. The molecule has 16 nitrogen and oxygen atoms in total. The first kappa shape index (κ1) is 82.0. The van der Waals surface area contributed by atoms with Gasteiger partial charge < -0.3 is 34.2 Å². The molecule has 0 bridgehead atoms. The molecule has 0 radical (unpaired) electrons. The summed E-state index contributed by atoms with van der Waals surface area (Å²) in [6.45, 7) is 2.54. The third kappa shape index (κ3) is 62.4. The van der Waals surface area contributed by atoms with Crippen molar-refractivity contribution in [1.82, 2.24) is 0 Å². The van der Waals surface area contributed by atoms with Gasteiger partial charge in [-0.3, -0.25) is 32.5 Å². The SMILES string of the molecule is CC/C=C\C/C=C\C/C=C\C/C=C\C/C=C\C/C=C\CCCCCCCCC(=O)OCC(O)COP(=O)(O)OCC(O)COP(=O)(O)OCC(COC(=O)CCCCCCCCCCCCCCC)OC(=O)CCCCCCCCCCCCC. The average molecular weight is 1240 g/mol. The van der Waals surface area contributed by atoms with Crippen LogP contribution in [0.15, 0.2) is 72.9 Å². The van der Waals surface area contributed by atoms with Crippen molar-refractivity contribution in [2.45, 2.75) is 296 Å². The summed E-state index contributed by atoms with van der Waals surface area (Å²) in [5.74, 6) is -1.58. The van der Waals surface area contributed by atoms with E-state index in [0.29, 0.717) is 19.3 Å². The van der Waals surface area contributed by atoms with E-state index in [1.807, 2.05) is 0 Å². The Morgan fingerprint density at radius 1 is 0.341 bits per heavy atom. The van der Waals surface area contributed by atoms with E-state index < -0.39 is 91.5 Å². The average Bonchev–Trinajstić information content (AvgIpc) is 3.60. The Balaban J connectivity index is 4.49. The van der Waals surface area contributed by atoms with E-state index in [2.05, 4.69) is 93.7 Å². The monoisotopic (exact) mass is 1240 g/mol. The lowest BCUT2D eigenvalue weighted by Crippen LogP contribution is -2.30. The molecule has 4 N–H and O–H groups in total. The van der Waals surface area contributed by atoms with Crippen LogP contribution in [-0.4, -0.2) is 95.9 Å². The predicted molar refractivity (Wildman–Crippen MR) is 344 cm³/mol. The maximum absolute atomic E-state index is 12.8. The number of esters is 3. The van der Waals surface area contributed by atoms with E-state index in [0.717, 1.165) is 122 Å². The van der Waals surface area contributed by atoms with Crippen molar-refractivity contribution in [1.29, 1.82) is 0 Å². The van der Waals surface area contributed by atoms with Gasteiger partial charge in [0.15, 0.2) is 6.10 Å². The molecule has 0 saturated carbocycles. The molecular weight excluding hydrogens is 1120 g/mol. The lowest BCUT2D eigenvalue weighted by Gasteiger charge is -2.21. The highest BCUT2D eigenvalue weighted by atomic mass is 31.2. The van der Waals surface area contributed by atoms with Gasteiger partial charge in [0.25, 0.3) is 0 Å². The molecule has 0 aliphatic carbocycles. The largest absolute Gasteiger partial charge is 0.472 e. The number of rotatable bonds is 63. The van der Waals surface area contributed by atoms with Crippen LogP contribution in [0.5, 0.6) is 0 Å². The van der Waals surface area contributed by atoms with Gasteiger partial charge in [-0.1, -0.05) is 261 Å². The Kier molecular flexibility index (Phi) is 59.1. The zero-order chi connectivity index (χ0) is 62.4. The first-order valence-electron chi connectivity index (χ1n) is 33.2. The molecule has 494 valence electrons. The molecule has 85 heavy (non-hydrogen) atoms. The van der Waals surface area contributed by atoms with Crippen LogP contribution in [0, 0.1) is 0 Å². The minimum atomic E-state index is -4.91. The van der Waals surface area contributed by atoms with Crippen molar-refractivity contribution in [3.63, 3.8) is 0 Å². The van der Waals surface area contributed by atoms with Crippen LogP contribution >= 0.6 is 15.6 Å². The summed E-state index contributed by atoms with van der Waals surface area (Å²) < 4.78 is 60.7. The van der Waals surface area contributed by atoms with Gasteiger partial charge in [-0.15, -0.1) is 0 Å². The van der Waals surface area contributed by atoms with Crippen LogP contribution in [0.4, 0.5) is 0 Å². The van der Waals surface area contributed by atoms with Crippen molar-refractivity contribution >= 4 is 33.6 Å². The quantitative estimate of drug-likeness (QED) is 0.0146. The number of hydrogen-bond acceptors (Lipinski definition) is 14. The van der Waals surface area contributed by atoms with Gasteiger partial charge in [0.2, 0.25) is 0 Å². The smallest absolute Gasteiger partial charge is 0.463 e. The summed E-state index contributed by atoms with van der Waals surface area (Å²) in [5.41, 5.74) is 0. The fourth-order valence-electron chi connectivity index (χ4n) is 8.87. The number of allylic oxidation sites excluding steroid dienone is 12. The molecule has 0 aliphatic heterocycles. The highest BCUT2D eigenvalue weighted by Crippen LogP contribution is 2.45. The topological polar surface area (TPSA) is 231 Å². The van der Waals surface area contributed by atoms with Gasteiger partial charge in [-0.2, -0.15) is 0 Å². The Morgan fingerprint density at radius 2 is 0.624 bits per heavy atom. The minimum absolute atomic E-state index is 0.111. The third-order valence-electron chi connectivity index (χ3n) is 13.9. The zero-order valence-corrected chi connectivity index (χ0v) is 55.1. The maximum Gasteiger partial charge on any atom is 0.472 e. The summed E-state index contributed by atoms with van der Waals surface area (Å²) in [5, 5.41) is 20.5.